The van der Waals surface area contributed by atoms with Gasteiger partial charge in [0.05, 0.1) is 13.2 Å². The molecule has 4 N–H and O–H groups in total. The van der Waals surface area contributed by atoms with Crippen LogP contribution in [0.5, 0.6) is 0 Å². The Balaban J connectivity index is -0.000000366. The highest BCUT2D eigenvalue weighted by molar-refractivity contribution is 5.85. The Morgan fingerprint density at radius 1 is 0.676 bits per heavy atom. The summed E-state index contributed by atoms with van der Waals surface area (Å²) in [5.41, 5.74) is 3.80. The van der Waals surface area contributed by atoms with Crippen LogP contribution in [0, 0.1) is 0 Å². The van der Waals surface area contributed by atoms with Gasteiger partial charge >= 0.3 is 11.9 Å². The number of aliphatic hydroxyl groups excluding tert-OH is 2. The zero-order chi connectivity index (χ0) is 26.9. The quantitative estimate of drug-likeness (QED) is 0.412. The van der Waals surface area contributed by atoms with E-state index in [4.69, 9.17) is 20.4 Å². The molecule has 0 bridgehead atoms. The minimum atomic E-state index is -0.935. The van der Waals surface area contributed by atoms with Crippen molar-refractivity contribution >= 4 is 30.2 Å². The van der Waals surface area contributed by atoms with Gasteiger partial charge in [-0.2, -0.15) is 0 Å². The summed E-state index contributed by atoms with van der Waals surface area (Å²) in [5.74, 6) is -1.87. The number of carboxylic acid groups (broad SMARTS) is 2. The Hall–Kier alpha value is -4.00. The van der Waals surface area contributed by atoms with Crippen LogP contribution in [-0.2, 0) is 9.59 Å². The van der Waals surface area contributed by atoms with E-state index in [9.17, 15) is 9.59 Å². The molecule has 2 aromatic carbocycles. The second kappa shape index (κ2) is 23.7. The average Bonchev–Trinajstić information content (AvgIpc) is 2.85. The highest BCUT2D eigenvalue weighted by atomic mass is 16.4. The van der Waals surface area contributed by atoms with Crippen LogP contribution in [0.4, 0.5) is 0 Å². The molecule has 0 aliphatic rings. The predicted octanol–water partition coefficient (Wildman–Crippen LogP) is 5.57. The van der Waals surface area contributed by atoms with Gasteiger partial charge < -0.3 is 20.4 Å². The lowest BCUT2D eigenvalue weighted by Gasteiger charge is -1.96. The van der Waals surface area contributed by atoms with E-state index >= 15 is 0 Å². The molecule has 0 atom stereocenters. The molecule has 0 unspecified atom stereocenters. The third-order valence-electron chi connectivity index (χ3n) is 3.30. The topological polar surface area (TPSA) is 115 Å². The van der Waals surface area contributed by atoms with Crippen LogP contribution in [0.3, 0.4) is 0 Å². The number of carboxylic acids is 2. The summed E-state index contributed by atoms with van der Waals surface area (Å²) in [5, 5.41) is 31.0. The molecular weight excluding hydrogens is 432 g/mol. The molecule has 0 aliphatic heterocycles. The molecule has 184 valence electrons. The van der Waals surface area contributed by atoms with Crippen molar-refractivity contribution in [2.45, 2.75) is 13.8 Å². The van der Waals surface area contributed by atoms with Gasteiger partial charge in [0.15, 0.2) is 0 Å². The molecule has 2 rings (SSSR count). The van der Waals surface area contributed by atoms with Crippen molar-refractivity contribution in [3.63, 3.8) is 0 Å². The Morgan fingerprint density at radius 2 is 0.971 bits per heavy atom. The van der Waals surface area contributed by atoms with Gasteiger partial charge in [0.25, 0.3) is 0 Å². The average molecular weight is 469 g/mol. The lowest BCUT2D eigenvalue weighted by Crippen LogP contribution is -1.92. The summed E-state index contributed by atoms with van der Waals surface area (Å²) in [7, 11) is 0. The van der Waals surface area contributed by atoms with Crippen LogP contribution in [0.2, 0.25) is 0 Å². The maximum Gasteiger partial charge on any atom is 0.330 e. The number of benzene rings is 2. The van der Waals surface area contributed by atoms with E-state index < -0.39 is 11.9 Å². The number of rotatable bonds is 6. The summed E-state index contributed by atoms with van der Waals surface area (Å²) in [4.78, 5) is 19.2. The minimum absolute atomic E-state index is 0.125. The molecule has 0 amide bonds. The van der Waals surface area contributed by atoms with Crippen molar-refractivity contribution in [3.8, 4) is 0 Å². The first kappa shape index (κ1) is 34.6. The van der Waals surface area contributed by atoms with E-state index in [1.807, 2.05) is 72.8 Å². The van der Waals surface area contributed by atoms with Gasteiger partial charge in [0.1, 0.15) is 0 Å². The van der Waals surface area contributed by atoms with Crippen LogP contribution in [-0.4, -0.2) is 45.6 Å². The fourth-order valence-corrected chi connectivity index (χ4v) is 1.47. The van der Waals surface area contributed by atoms with Crippen molar-refractivity contribution in [1.82, 2.24) is 0 Å². The maximum atomic E-state index is 9.60. The number of aliphatic hydroxyl groups is 2. The molecule has 6 nitrogen and oxygen atoms in total. The first-order chi connectivity index (χ1) is 16.0. The van der Waals surface area contributed by atoms with Crippen molar-refractivity contribution in [3.05, 3.63) is 115 Å². The molecule has 34 heavy (non-hydrogen) atoms. The van der Waals surface area contributed by atoms with E-state index in [1.54, 1.807) is 0 Å². The van der Waals surface area contributed by atoms with Crippen LogP contribution in [0.15, 0.2) is 98.6 Å². The third-order valence-corrected chi connectivity index (χ3v) is 3.30. The van der Waals surface area contributed by atoms with E-state index in [0.29, 0.717) is 0 Å². The molecule has 6 heteroatoms. The lowest BCUT2D eigenvalue weighted by atomic mass is 10.1. The van der Waals surface area contributed by atoms with Gasteiger partial charge in [0.2, 0.25) is 0 Å². The summed E-state index contributed by atoms with van der Waals surface area (Å²) >= 11 is 0. The van der Waals surface area contributed by atoms with Crippen molar-refractivity contribution in [2.24, 2.45) is 0 Å². The van der Waals surface area contributed by atoms with Gasteiger partial charge in [-0.05, 0) is 30.5 Å². The first-order valence-corrected chi connectivity index (χ1v) is 10.0. The molecule has 0 saturated carbocycles. The number of hydrogen-bond acceptors (Lipinski definition) is 4. The molecule has 2 aromatic rings. The first-order valence-electron chi connectivity index (χ1n) is 10.0. The second-order valence-corrected chi connectivity index (χ2v) is 6.27. The van der Waals surface area contributed by atoms with Crippen molar-refractivity contribution < 1.29 is 30.0 Å². The van der Waals surface area contributed by atoms with Gasteiger partial charge in [-0.3, -0.25) is 0 Å². The summed E-state index contributed by atoms with van der Waals surface area (Å²) < 4.78 is 0. The van der Waals surface area contributed by atoms with Crippen LogP contribution in [0.1, 0.15) is 30.5 Å². The molecule has 0 fully saturated rings. The number of carbonyl (C=O) groups is 2. The summed E-state index contributed by atoms with van der Waals surface area (Å²) in [6.07, 6.45) is 5.49. The molecule has 0 radical (unpaired) electrons. The second-order valence-electron chi connectivity index (χ2n) is 6.27. The lowest BCUT2D eigenvalue weighted by molar-refractivity contribution is -0.133. The summed E-state index contributed by atoms with van der Waals surface area (Å²) in [6, 6.07) is 18.0. The molecule has 0 aromatic heterocycles. The van der Waals surface area contributed by atoms with E-state index in [1.165, 1.54) is 19.4 Å². The number of hydrogen-bond donors (Lipinski definition) is 4. The molecule has 0 heterocycles. The molecular formula is C28H36O6. The van der Waals surface area contributed by atoms with Crippen LogP contribution in [0.25, 0.3) is 18.2 Å². The molecule has 0 saturated heterocycles. The van der Waals surface area contributed by atoms with E-state index in [0.717, 1.165) is 11.1 Å². The van der Waals surface area contributed by atoms with Gasteiger partial charge in [-0.25, -0.2) is 9.59 Å². The van der Waals surface area contributed by atoms with Gasteiger partial charge in [-0.15, -0.1) is 0 Å². The Kier molecular flexibility index (Phi) is 24.1. The maximum absolute atomic E-state index is 9.60. The summed E-state index contributed by atoms with van der Waals surface area (Å²) in [6.45, 7) is 20.0. The smallest absolute Gasteiger partial charge is 0.330 e. The largest absolute Gasteiger partial charge is 0.478 e. The highest BCUT2D eigenvalue weighted by Gasteiger charge is 1.91. The standard InChI is InChI=1S/C10H10.C8H8.2C4H6O2.C2H6O2/c1-3-9-7-5-6-8-10(9)4-2;1-2-8-6-4-3-5-7-8;2*1-3(2)4(5)6;3-1-2-4/h3-8H,1-2H2;2-7H,1H2;2*1H2,2H3,(H,5,6);3-4H,1-2H2. The monoisotopic (exact) mass is 468 g/mol. The van der Waals surface area contributed by atoms with Crippen LogP contribution < -0.4 is 0 Å². The highest BCUT2D eigenvalue weighted by Crippen LogP contribution is 2.10. The van der Waals surface area contributed by atoms with E-state index in [2.05, 4.69) is 32.9 Å². The Bertz CT molecular complexity index is 821. The van der Waals surface area contributed by atoms with Gasteiger partial charge in [0, 0.05) is 11.1 Å². The van der Waals surface area contributed by atoms with Crippen LogP contribution >= 0.6 is 0 Å². The zero-order valence-corrected chi connectivity index (χ0v) is 20.0. The van der Waals surface area contributed by atoms with Crippen molar-refractivity contribution in [1.29, 1.82) is 0 Å². The Morgan fingerprint density at radius 3 is 1.15 bits per heavy atom. The molecule has 0 aliphatic carbocycles. The van der Waals surface area contributed by atoms with E-state index in [-0.39, 0.29) is 24.4 Å². The normalized spacial score (nSPS) is 8.12. The molecule has 0 spiro atoms. The van der Waals surface area contributed by atoms with Crippen molar-refractivity contribution in [2.75, 3.05) is 13.2 Å². The van der Waals surface area contributed by atoms with Gasteiger partial charge in [-0.1, -0.05) is 106 Å². The third kappa shape index (κ3) is 22.7. The zero-order valence-electron chi connectivity index (χ0n) is 20.0. The predicted molar refractivity (Wildman–Crippen MR) is 142 cm³/mol. The number of aliphatic carboxylic acids is 2. The SMILES string of the molecule is C=C(C)C(=O)O.C=C(C)C(=O)O.C=Cc1ccccc1.C=Cc1ccccc1C=C.OCCO. The fourth-order valence-electron chi connectivity index (χ4n) is 1.47. The Labute approximate surface area is 202 Å². The minimum Gasteiger partial charge on any atom is -0.478 e. The fraction of sp³-hybridized carbons (Fsp3) is 0.143.